The molecule has 1 aliphatic rings. The van der Waals surface area contributed by atoms with E-state index in [1.54, 1.807) is 12.3 Å². The summed E-state index contributed by atoms with van der Waals surface area (Å²) in [5.74, 6) is 0.192. The van der Waals surface area contributed by atoms with E-state index in [4.69, 9.17) is 5.73 Å². The number of piperazine rings is 1. The first-order valence-electron chi connectivity index (χ1n) is 6.25. The molecule has 0 unspecified atom stereocenters. The van der Waals surface area contributed by atoms with Crippen molar-refractivity contribution < 1.29 is 4.79 Å². The zero-order valence-corrected chi connectivity index (χ0v) is 10.9. The topological polar surface area (TPSA) is 62.5 Å². The van der Waals surface area contributed by atoms with Crippen LogP contribution in [0.2, 0.25) is 0 Å². The number of nitrogens with two attached hydrogens (primary N) is 1. The summed E-state index contributed by atoms with van der Waals surface area (Å²) in [6, 6.07) is 5.05. The molecule has 2 heterocycles. The van der Waals surface area contributed by atoms with Gasteiger partial charge in [-0.15, -0.1) is 0 Å². The van der Waals surface area contributed by atoms with Gasteiger partial charge < -0.3 is 10.6 Å². The number of pyridine rings is 1. The van der Waals surface area contributed by atoms with Gasteiger partial charge in [0.2, 0.25) is 0 Å². The van der Waals surface area contributed by atoms with Crippen molar-refractivity contribution in [3.05, 3.63) is 23.9 Å². The Morgan fingerprint density at radius 3 is 2.61 bits per heavy atom. The molecule has 0 aliphatic carbocycles. The van der Waals surface area contributed by atoms with Crippen molar-refractivity contribution in [2.45, 2.75) is 19.9 Å². The van der Waals surface area contributed by atoms with E-state index in [-0.39, 0.29) is 0 Å². The minimum atomic E-state index is -0.468. The summed E-state index contributed by atoms with van der Waals surface area (Å²) >= 11 is 0. The minimum absolute atomic E-state index is 0.385. The minimum Gasteiger partial charge on any atom is -0.365 e. The normalized spacial score (nSPS) is 17.2. The lowest BCUT2D eigenvalue weighted by Crippen LogP contribution is -2.49. The molecule has 1 amide bonds. The average Bonchev–Trinajstić information content (AvgIpc) is 2.39. The van der Waals surface area contributed by atoms with Gasteiger partial charge in [0, 0.05) is 44.5 Å². The van der Waals surface area contributed by atoms with Crippen LogP contribution in [0, 0.1) is 6.07 Å². The van der Waals surface area contributed by atoms with E-state index in [1.165, 1.54) is 0 Å². The maximum atomic E-state index is 11.4. The number of amides is 1. The summed E-state index contributed by atoms with van der Waals surface area (Å²) in [6.45, 7) is 8.07. The Labute approximate surface area is 108 Å². The molecule has 0 saturated carbocycles. The van der Waals surface area contributed by atoms with E-state index in [1.807, 2.05) is 0 Å². The Bertz CT molecular complexity index is 425. The van der Waals surface area contributed by atoms with Gasteiger partial charge in [-0.05, 0) is 19.9 Å². The van der Waals surface area contributed by atoms with Crippen LogP contribution in [0.15, 0.2) is 12.3 Å². The highest BCUT2D eigenvalue weighted by atomic mass is 16.1. The fourth-order valence-corrected chi connectivity index (χ4v) is 2.23. The third-order valence-corrected chi connectivity index (χ3v) is 3.31. The van der Waals surface area contributed by atoms with Crippen LogP contribution in [0.25, 0.3) is 0 Å². The largest absolute Gasteiger partial charge is 0.365 e. The van der Waals surface area contributed by atoms with Gasteiger partial charge in [0.05, 0.1) is 5.56 Å². The summed E-state index contributed by atoms with van der Waals surface area (Å²) < 4.78 is 0. The van der Waals surface area contributed by atoms with E-state index in [0.29, 0.717) is 17.4 Å². The lowest BCUT2D eigenvalue weighted by Gasteiger charge is -2.37. The van der Waals surface area contributed by atoms with Crippen LogP contribution < -0.4 is 10.6 Å². The van der Waals surface area contributed by atoms with Crippen molar-refractivity contribution >= 4 is 11.7 Å². The van der Waals surface area contributed by atoms with E-state index < -0.39 is 5.91 Å². The van der Waals surface area contributed by atoms with Gasteiger partial charge in [-0.2, -0.15) is 0 Å². The van der Waals surface area contributed by atoms with Crippen molar-refractivity contribution in [1.82, 2.24) is 9.88 Å². The monoisotopic (exact) mass is 247 g/mol. The Morgan fingerprint density at radius 2 is 2.06 bits per heavy atom. The number of nitrogens with zero attached hydrogens (tertiary/aromatic N) is 3. The molecule has 1 aliphatic heterocycles. The number of rotatable bonds is 3. The predicted octanol–water partition coefficient (Wildman–Crippen LogP) is 0.511. The third kappa shape index (κ3) is 2.61. The number of anilines is 1. The second kappa shape index (κ2) is 5.35. The Kier molecular flexibility index (Phi) is 3.81. The van der Waals surface area contributed by atoms with E-state index in [2.05, 4.69) is 34.7 Å². The van der Waals surface area contributed by atoms with Gasteiger partial charge in [0.1, 0.15) is 5.82 Å². The van der Waals surface area contributed by atoms with Gasteiger partial charge in [0.15, 0.2) is 0 Å². The Balaban J connectivity index is 2.12. The Hall–Kier alpha value is -1.62. The maximum absolute atomic E-state index is 11.4. The fourth-order valence-electron chi connectivity index (χ4n) is 2.23. The smallest absolute Gasteiger partial charge is 0.253 e. The van der Waals surface area contributed by atoms with Crippen LogP contribution in [0.4, 0.5) is 5.82 Å². The molecular formula is C13H19N4O. The van der Waals surface area contributed by atoms with Crippen LogP contribution in [0.3, 0.4) is 0 Å². The van der Waals surface area contributed by atoms with Crippen molar-refractivity contribution in [3.8, 4) is 0 Å². The predicted molar refractivity (Wildman–Crippen MR) is 70.5 cm³/mol. The highest BCUT2D eigenvalue weighted by molar-refractivity contribution is 5.97. The average molecular weight is 247 g/mol. The summed E-state index contributed by atoms with van der Waals surface area (Å²) in [5, 5.41) is 0. The first kappa shape index (κ1) is 12.8. The summed E-state index contributed by atoms with van der Waals surface area (Å²) in [4.78, 5) is 20.1. The number of primary amides is 1. The molecule has 0 bridgehead atoms. The van der Waals surface area contributed by atoms with Crippen molar-refractivity contribution in [1.29, 1.82) is 0 Å². The molecule has 5 nitrogen and oxygen atoms in total. The molecule has 97 valence electrons. The van der Waals surface area contributed by atoms with Gasteiger partial charge in [-0.25, -0.2) is 4.98 Å². The molecule has 1 aromatic heterocycles. The van der Waals surface area contributed by atoms with Gasteiger partial charge in [0.25, 0.3) is 5.91 Å². The van der Waals surface area contributed by atoms with Crippen molar-refractivity contribution in [2.24, 2.45) is 5.73 Å². The molecule has 1 radical (unpaired) electrons. The summed E-state index contributed by atoms with van der Waals surface area (Å²) in [5.41, 5.74) is 5.73. The lowest BCUT2D eigenvalue weighted by molar-refractivity contribution is 0.1000. The van der Waals surface area contributed by atoms with Crippen LogP contribution >= 0.6 is 0 Å². The highest BCUT2D eigenvalue weighted by Gasteiger charge is 2.22. The fraction of sp³-hybridized carbons (Fsp3) is 0.538. The molecule has 18 heavy (non-hydrogen) atoms. The van der Waals surface area contributed by atoms with Crippen LogP contribution in [-0.2, 0) is 0 Å². The molecule has 0 atom stereocenters. The molecule has 0 spiro atoms. The van der Waals surface area contributed by atoms with Crippen LogP contribution in [0.5, 0.6) is 0 Å². The molecule has 2 rings (SSSR count). The molecule has 5 heteroatoms. The highest BCUT2D eigenvalue weighted by Crippen LogP contribution is 2.18. The maximum Gasteiger partial charge on any atom is 0.253 e. The number of carbonyl (C=O) groups excluding carboxylic acids is 1. The molecule has 2 N–H and O–H groups in total. The quantitative estimate of drug-likeness (QED) is 0.845. The van der Waals surface area contributed by atoms with Gasteiger partial charge in [-0.3, -0.25) is 9.69 Å². The summed E-state index contributed by atoms with van der Waals surface area (Å²) in [6.07, 6.45) is 1.65. The SMILES string of the molecule is CC(C)N1CCN(c2ncc[c]c2C(N)=O)CC1. The molecule has 1 aromatic rings. The third-order valence-electron chi connectivity index (χ3n) is 3.31. The molecular weight excluding hydrogens is 228 g/mol. The first-order chi connectivity index (χ1) is 8.59. The second-order valence-corrected chi connectivity index (χ2v) is 4.77. The van der Waals surface area contributed by atoms with Gasteiger partial charge in [-0.1, -0.05) is 0 Å². The Morgan fingerprint density at radius 1 is 1.39 bits per heavy atom. The van der Waals surface area contributed by atoms with Crippen LogP contribution in [0.1, 0.15) is 24.2 Å². The number of hydrogen-bond donors (Lipinski definition) is 1. The van der Waals surface area contributed by atoms with E-state index in [0.717, 1.165) is 26.2 Å². The van der Waals surface area contributed by atoms with Crippen LogP contribution in [-0.4, -0.2) is 48.0 Å². The molecule has 1 fully saturated rings. The number of hydrogen-bond acceptors (Lipinski definition) is 4. The number of carbonyl (C=O) groups is 1. The number of aromatic nitrogens is 1. The van der Waals surface area contributed by atoms with Crippen molar-refractivity contribution in [3.63, 3.8) is 0 Å². The standard InChI is InChI=1S/C13H19N4O/c1-10(2)16-6-8-17(9-7-16)13-11(12(14)18)4-3-5-15-13/h3,5,10H,6-9H2,1-2H3,(H2,14,18). The zero-order valence-electron chi connectivity index (χ0n) is 10.9. The van der Waals surface area contributed by atoms with Gasteiger partial charge >= 0.3 is 0 Å². The molecule has 1 saturated heterocycles. The van der Waals surface area contributed by atoms with E-state index in [9.17, 15) is 4.79 Å². The molecule has 0 aromatic carbocycles. The van der Waals surface area contributed by atoms with Crippen molar-refractivity contribution in [2.75, 3.05) is 31.1 Å². The zero-order chi connectivity index (χ0) is 13.1. The summed E-state index contributed by atoms with van der Waals surface area (Å²) in [7, 11) is 0. The lowest BCUT2D eigenvalue weighted by atomic mass is 10.2. The van der Waals surface area contributed by atoms with E-state index >= 15 is 0 Å². The first-order valence-corrected chi connectivity index (χ1v) is 6.25. The second-order valence-electron chi connectivity index (χ2n) is 4.77.